The summed E-state index contributed by atoms with van der Waals surface area (Å²) in [5.41, 5.74) is 1.69. The lowest BCUT2D eigenvalue weighted by Gasteiger charge is -2.22. The van der Waals surface area contributed by atoms with Crippen molar-refractivity contribution in [3.8, 4) is 11.8 Å². The van der Waals surface area contributed by atoms with Gasteiger partial charge in [-0.2, -0.15) is 5.26 Å². The molecule has 0 spiro atoms. The average Bonchev–Trinajstić information content (AvgIpc) is 2.64. The quantitative estimate of drug-likeness (QED) is 0.649. The highest BCUT2D eigenvalue weighted by atomic mass is 19.1. The third kappa shape index (κ3) is 5.50. The van der Waals surface area contributed by atoms with E-state index in [-0.39, 0.29) is 11.6 Å². The van der Waals surface area contributed by atoms with Crippen LogP contribution in [0.15, 0.2) is 53.5 Å². The third-order valence-electron chi connectivity index (χ3n) is 3.63. The summed E-state index contributed by atoms with van der Waals surface area (Å²) in [5.74, 6) is 0.589. The standard InChI is InChI=1S/C19H21FN4O/c1-22-19(23-14-16-9-7-15(13-21)8-10-16)24(2)11-12-25-18-6-4-3-5-17(18)20/h3-10H,11-12,14H2,1-2H3,(H,22,23). The first-order valence-electron chi connectivity index (χ1n) is 7.92. The van der Waals surface area contributed by atoms with Crippen molar-refractivity contribution in [2.75, 3.05) is 27.2 Å². The Labute approximate surface area is 147 Å². The number of hydrogen-bond donors (Lipinski definition) is 1. The van der Waals surface area contributed by atoms with E-state index < -0.39 is 0 Å². The summed E-state index contributed by atoms with van der Waals surface area (Å²) in [7, 11) is 3.59. The van der Waals surface area contributed by atoms with Crippen molar-refractivity contribution < 1.29 is 9.13 Å². The van der Waals surface area contributed by atoms with Crippen LogP contribution in [0, 0.1) is 17.1 Å². The summed E-state index contributed by atoms with van der Waals surface area (Å²) in [6.07, 6.45) is 0. The second-order valence-corrected chi connectivity index (χ2v) is 5.41. The number of para-hydroxylation sites is 1. The third-order valence-corrected chi connectivity index (χ3v) is 3.63. The second kappa shape index (κ2) is 9.28. The van der Waals surface area contributed by atoms with Crippen LogP contribution in [-0.2, 0) is 6.54 Å². The van der Waals surface area contributed by atoms with Crippen LogP contribution < -0.4 is 10.1 Å². The van der Waals surface area contributed by atoms with Gasteiger partial charge in [0.2, 0.25) is 0 Å². The van der Waals surface area contributed by atoms with E-state index in [0.717, 1.165) is 5.56 Å². The number of likely N-dealkylation sites (N-methyl/N-ethyl adjacent to an activating group) is 1. The Kier molecular flexibility index (Phi) is 6.78. The number of rotatable bonds is 6. The van der Waals surface area contributed by atoms with Crippen LogP contribution in [0.3, 0.4) is 0 Å². The number of guanidine groups is 1. The van der Waals surface area contributed by atoms with E-state index in [1.54, 1.807) is 37.4 Å². The highest BCUT2D eigenvalue weighted by Crippen LogP contribution is 2.15. The molecule has 2 aromatic carbocycles. The number of hydrogen-bond acceptors (Lipinski definition) is 3. The van der Waals surface area contributed by atoms with Gasteiger partial charge in [0.05, 0.1) is 18.2 Å². The number of benzene rings is 2. The molecule has 0 heterocycles. The van der Waals surface area contributed by atoms with E-state index >= 15 is 0 Å². The maximum atomic E-state index is 13.5. The molecule has 0 amide bonds. The van der Waals surface area contributed by atoms with Gasteiger partial charge in [0, 0.05) is 20.6 Å². The Hall–Kier alpha value is -3.07. The number of aliphatic imine (C=N–C) groups is 1. The Balaban J connectivity index is 1.81. The Morgan fingerprint density at radius 3 is 2.60 bits per heavy atom. The molecule has 0 aliphatic rings. The highest BCUT2D eigenvalue weighted by Gasteiger charge is 2.07. The molecule has 0 fully saturated rings. The summed E-state index contributed by atoms with van der Waals surface area (Å²) in [6.45, 7) is 1.49. The normalized spacial score (nSPS) is 10.9. The van der Waals surface area contributed by atoms with Crippen LogP contribution in [0.1, 0.15) is 11.1 Å². The van der Waals surface area contributed by atoms with Crippen LogP contribution >= 0.6 is 0 Å². The molecule has 6 heteroatoms. The van der Waals surface area contributed by atoms with E-state index in [0.29, 0.717) is 31.2 Å². The van der Waals surface area contributed by atoms with Crippen molar-refractivity contribution in [2.24, 2.45) is 4.99 Å². The van der Waals surface area contributed by atoms with E-state index in [1.807, 2.05) is 24.1 Å². The number of nitrogens with one attached hydrogen (secondary N) is 1. The van der Waals surface area contributed by atoms with Gasteiger partial charge in [-0.3, -0.25) is 4.99 Å². The molecule has 0 aliphatic heterocycles. The smallest absolute Gasteiger partial charge is 0.193 e. The second-order valence-electron chi connectivity index (χ2n) is 5.41. The minimum Gasteiger partial charge on any atom is -0.489 e. The summed E-state index contributed by atoms with van der Waals surface area (Å²) < 4.78 is 19.0. The fourth-order valence-electron chi connectivity index (χ4n) is 2.22. The van der Waals surface area contributed by atoms with Gasteiger partial charge in [0.15, 0.2) is 17.5 Å². The minimum absolute atomic E-state index is 0.247. The topological polar surface area (TPSA) is 60.7 Å². The van der Waals surface area contributed by atoms with Gasteiger partial charge in [-0.15, -0.1) is 0 Å². The minimum atomic E-state index is -0.367. The van der Waals surface area contributed by atoms with Crippen molar-refractivity contribution in [1.82, 2.24) is 10.2 Å². The molecule has 0 radical (unpaired) electrons. The lowest BCUT2D eigenvalue weighted by Crippen LogP contribution is -2.40. The van der Waals surface area contributed by atoms with Gasteiger partial charge in [-0.05, 0) is 29.8 Å². The molecule has 2 rings (SSSR count). The highest BCUT2D eigenvalue weighted by molar-refractivity contribution is 5.79. The summed E-state index contributed by atoms with van der Waals surface area (Å²) in [4.78, 5) is 6.14. The van der Waals surface area contributed by atoms with E-state index in [4.69, 9.17) is 10.00 Å². The van der Waals surface area contributed by atoms with Crippen molar-refractivity contribution in [3.63, 3.8) is 0 Å². The number of halogens is 1. The predicted molar refractivity (Wildman–Crippen MR) is 95.9 cm³/mol. The Morgan fingerprint density at radius 2 is 1.96 bits per heavy atom. The van der Waals surface area contributed by atoms with Crippen molar-refractivity contribution in [1.29, 1.82) is 5.26 Å². The summed E-state index contributed by atoms with van der Waals surface area (Å²) in [6, 6.07) is 15.8. The van der Waals surface area contributed by atoms with Gasteiger partial charge in [-0.25, -0.2) is 4.39 Å². The van der Waals surface area contributed by atoms with E-state index in [2.05, 4.69) is 16.4 Å². The monoisotopic (exact) mass is 340 g/mol. The molecule has 2 aromatic rings. The molecule has 0 aromatic heterocycles. The van der Waals surface area contributed by atoms with Crippen LogP contribution in [-0.4, -0.2) is 38.1 Å². The number of ether oxygens (including phenoxy) is 1. The van der Waals surface area contributed by atoms with E-state index in [9.17, 15) is 4.39 Å². The van der Waals surface area contributed by atoms with Gasteiger partial charge in [0.1, 0.15) is 6.61 Å². The molecule has 0 aliphatic carbocycles. The molecule has 0 saturated heterocycles. The lowest BCUT2D eigenvalue weighted by atomic mass is 10.1. The molecule has 0 bridgehead atoms. The van der Waals surface area contributed by atoms with Gasteiger partial charge in [0.25, 0.3) is 0 Å². The fraction of sp³-hybridized carbons (Fsp3) is 0.263. The van der Waals surface area contributed by atoms with Crippen molar-refractivity contribution >= 4 is 5.96 Å². The molecule has 0 saturated carbocycles. The zero-order chi connectivity index (χ0) is 18.1. The van der Waals surface area contributed by atoms with Crippen LogP contribution in [0.4, 0.5) is 4.39 Å². The maximum Gasteiger partial charge on any atom is 0.193 e. The lowest BCUT2D eigenvalue weighted by molar-refractivity contribution is 0.270. The van der Waals surface area contributed by atoms with Crippen LogP contribution in [0.5, 0.6) is 5.75 Å². The molecule has 130 valence electrons. The van der Waals surface area contributed by atoms with Gasteiger partial charge < -0.3 is 15.0 Å². The Morgan fingerprint density at radius 1 is 1.24 bits per heavy atom. The molecule has 0 unspecified atom stereocenters. The summed E-state index contributed by atoms with van der Waals surface area (Å²) in [5, 5.41) is 12.1. The molecule has 25 heavy (non-hydrogen) atoms. The average molecular weight is 340 g/mol. The Bertz CT molecular complexity index is 753. The zero-order valence-electron chi connectivity index (χ0n) is 14.4. The van der Waals surface area contributed by atoms with E-state index in [1.165, 1.54) is 6.07 Å². The predicted octanol–water partition coefficient (Wildman–Crippen LogP) is 2.78. The van der Waals surface area contributed by atoms with Crippen molar-refractivity contribution in [3.05, 3.63) is 65.5 Å². The van der Waals surface area contributed by atoms with Crippen LogP contribution in [0.2, 0.25) is 0 Å². The molecular formula is C19H21FN4O. The van der Waals surface area contributed by atoms with Gasteiger partial charge in [-0.1, -0.05) is 24.3 Å². The first kappa shape index (κ1) is 18.3. The SMILES string of the molecule is CN=C(NCc1ccc(C#N)cc1)N(C)CCOc1ccccc1F. The van der Waals surface area contributed by atoms with Crippen LogP contribution in [0.25, 0.3) is 0 Å². The fourth-order valence-corrected chi connectivity index (χ4v) is 2.22. The number of nitriles is 1. The van der Waals surface area contributed by atoms with Crippen molar-refractivity contribution in [2.45, 2.75) is 6.54 Å². The molecule has 5 nitrogen and oxygen atoms in total. The molecular weight excluding hydrogens is 319 g/mol. The first-order valence-corrected chi connectivity index (χ1v) is 7.92. The summed E-state index contributed by atoms with van der Waals surface area (Å²) >= 11 is 0. The van der Waals surface area contributed by atoms with Gasteiger partial charge >= 0.3 is 0 Å². The number of nitrogens with zero attached hydrogens (tertiary/aromatic N) is 3. The largest absolute Gasteiger partial charge is 0.489 e. The maximum absolute atomic E-state index is 13.5. The molecule has 0 atom stereocenters. The molecule has 1 N–H and O–H groups in total. The first-order chi connectivity index (χ1) is 12.1. The zero-order valence-corrected chi connectivity index (χ0v) is 14.4.